The Bertz CT molecular complexity index is 660. The molecule has 112 valence electrons. The van der Waals surface area contributed by atoms with Crippen LogP contribution in [0.4, 0.5) is 0 Å². The van der Waals surface area contributed by atoms with Gasteiger partial charge < -0.3 is 15.3 Å². The molecule has 2 rings (SSSR count). The minimum atomic E-state index is -0.301. The number of hydrogen-bond acceptors (Lipinski definition) is 3. The summed E-state index contributed by atoms with van der Waals surface area (Å²) in [6, 6.07) is 6.86. The molecule has 0 fully saturated rings. The summed E-state index contributed by atoms with van der Waals surface area (Å²) >= 11 is 0. The van der Waals surface area contributed by atoms with E-state index in [1.165, 1.54) is 17.2 Å². The number of phenols is 3. The Hall–Kier alpha value is -2.16. The first kappa shape index (κ1) is 15.2. The fourth-order valence-corrected chi connectivity index (χ4v) is 2.75. The van der Waals surface area contributed by atoms with Gasteiger partial charge in [0.1, 0.15) is 5.75 Å². The highest BCUT2D eigenvalue weighted by molar-refractivity contribution is 5.78. The molecule has 0 aromatic heterocycles. The summed E-state index contributed by atoms with van der Waals surface area (Å²) in [5.74, 6) is -0.543. The Balaban J connectivity index is 2.74. The second-order valence-corrected chi connectivity index (χ2v) is 5.20. The highest BCUT2D eigenvalue weighted by atomic mass is 16.3. The van der Waals surface area contributed by atoms with E-state index in [0.29, 0.717) is 5.56 Å². The molecule has 0 spiro atoms. The maximum atomic E-state index is 10.1. The van der Waals surface area contributed by atoms with Gasteiger partial charge in [-0.3, -0.25) is 0 Å². The molecule has 0 saturated heterocycles. The molecular weight excluding hydrogens is 264 g/mol. The molecule has 0 aliphatic carbocycles. The summed E-state index contributed by atoms with van der Waals surface area (Å²) in [5.41, 5.74) is 4.98. The van der Waals surface area contributed by atoms with Gasteiger partial charge >= 0.3 is 0 Å². The second-order valence-electron chi connectivity index (χ2n) is 5.20. The Labute approximate surface area is 125 Å². The van der Waals surface area contributed by atoms with Gasteiger partial charge in [-0.05, 0) is 47.6 Å². The number of aromatic hydroxyl groups is 3. The van der Waals surface area contributed by atoms with E-state index in [0.717, 1.165) is 36.5 Å². The molecule has 2 aromatic carbocycles. The maximum Gasteiger partial charge on any atom is 0.165 e. The van der Waals surface area contributed by atoms with Crippen LogP contribution >= 0.6 is 0 Å². The predicted octanol–water partition coefficient (Wildman–Crippen LogP) is 4.16. The van der Waals surface area contributed by atoms with Crippen molar-refractivity contribution in [2.75, 3.05) is 0 Å². The van der Waals surface area contributed by atoms with Crippen LogP contribution < -0.4 is 0 Å². The average Bonchev–Trinajstić information content (AvgIpc) is 2.49. The molecular formula is C18H22O3. The number of hydrogen-bond donors (Lipinski definition) is 3. The lowest BCUT2D eigenvalue weighted by atomic mass is 9.90. The molecule has 0 aliphatic rings. The van der Waals surface area contributed by atoms with Crippen molar-refractivity contribution in [2.45, 2.75) is 40.0 Å². The first-order valence-corrected chi connectivity index (χ1v) is 7.41. The van der Waals surface area contributed by atoms with E-state index in [2.05, 4.69) is 32.9 Å². The summed E-state index contributed by atoms with van der Waals surface area (Å²) in [5, 5.41) is 29.5. The lowest BCUT2D eigenvalue weighted by Crippen LogP contribution is -1.97. The highest BCUT2D eigenvalue weighted by Crippen LogP contribution is 2.41. The van der Waals surface area contributed by atoms with Gasteiger partial charge in [-0.15, -0.1) is 0 Å². The molecule has 0 bridgehead atoms. The van der Waals surface area contributed by atoms with E-state index in [4.69, 9.17) is 0 Å². The van der Waals surface area contributed by atoms with Crippen LogP contribution in [0.3, 0.4) is 0 Å². The number of phenolic OH excluding ortho intramolecular Hbond substituents is 3. The van der Waals surface area contributed by atoms with Crippen LogP contribution in [0.25, 0.3) is 11.1 Å². The minimum absolute atomic E-state index is 0.0556. The quantitative estimate of drug-likeness (QED) is 0.584. The van der Waals surface area contributed by atoms with E-state index in [9.17, 15) is 15.3 Å². The summed E-state index contributed by atoms with van der Waals surface area (Å²) < 4.78 is 0. The van der Waals surface area contributed by atoms with Crippen molar-refractivity contribution in [3.63, 3.8) is 0 Å². The maximum absolute atomic E-state index is 10.1. The predicted molar refractivity (Wildman–Crippen MR) is 85.0 cm³/mol. The summed E-state index contributed by atoms with van der Waals surface area (Å²) in [6.45, 7) is 6.29. The number of aryl methyl sites for hydroxylation is 3. The molecule has 0 amide bonds. The van der Waals surface area contributed by atoms with Gasteiger partial charge in [0.25, 0.3) is 0 Å². The zero-order chi connectivity index (χ0) is 15.6. The van der Waals surface area contributed by atoms with Crippen LogP contribution in [0.5, 0.6) is 17.2 Å². The molecule has 0 atom stereocenters. The van der Waals surface area contributed by atoms with Gasteiger partial charge in [0.2, 0.25) is 0 Å². The second kappa shape index (κ2) is 6.08. The molecule has 2 aromatic rings. The van der Waals surface area contributed by atoms with Crippen molar-refractivity contribution < 1.29 is 15.3 Å². The van der Waals surface area contributed by atoms with Crippen LogP contribution in [-0.4, -0.2) is 15.3 Å². The number of rotatable bonds is 4. The Kier molecular flexibility index (Phi) is 4.41. The third-order valence-corrected chi connectivity index (χ3v) is 3.93. The SMILES string of the molecule is CCc1cc(CC)c(-c2cc(O)cc(O)c2O)cc1CC. The van der Waals surface area contributed by atoms with Crippen LogP contribution in [-0.2, 0) is 19.3 Å². The summed E-state index contributed by atoms with van der Waals surface area (Å²) in [6.07, 6.45) is 2.70. The average molecular weight is 286 g/mol. The minimum Gasteiger partial charge on any atom is -0.508 e. The zero-order valence-electron chi connectivity index (χ0n) is 12.8. The van der Waals surface area contributed by atoms with Crippen molar-refractivity contribution in [3.8, 4) is 28.4 Å². The summed E-state index contributed by atoms with van der Waals surface area (Å²) in [7, 11) is 0. The van der Waals surface area contributed by atoms with E-state index >= 15 is 0 Å². The number of benzene rings is 2. The molecule has 3 nitrogen and oxygen atoms in total. The van der Waals surface area contributed by atoms with E-state index in [-0.39, 0.29) is 17.2 Å². The van der Waals surface area contributed by atoms with Crippen LogP contribution in [0.1, 0.15) is 37.5 Å². The lowest BCUT2D eigenvalue weighted by molar-refractivity contribution is 0.398. The summed E-state index contributed by atoms with van der Waals surface area (Å²) in [4.78, 5) is 0. The third kappa shape index (κ3) is 2.82. The first-order valence-electron chi connectivity index (χ1n) is 7.41. The Morgan fingerprint density at radius 1 is 0.667 bits per heavy atom. The van der Waals surface area contributed by atoms with Crippen LogP contribution in [0.15, 0.2) is 24.3 Å². The van der Waals surface area contributed by atoms with Gasteiger partial charge in [0.05, 0.1) is 0 Å². The van der Waals surface area contributed by atoms with Crippen molar-refractivity contribution in [1.29, 1.82) is 0 Å². The normalized spacial score (nSPS) is 10.8. The largest absolute Gasteiger partial charge is 0.508 e. The van der Waals surface area contributed by atoms with Crippen molar-refractivity contribution in [3.05, 3.63) is 41.0 Å². The van der Waals surface area contributed by atoms with Gasteiger partial charge in [0.15, 0.2) is 11.5 Å². The lowest BCUT2D eigenvalue weighted by Gasteiger charge is -2.16. The van der Waals surface area contributed by atoms with Crippen LogP contribution in [0, 0.1) is 0 Å². The Morgan fingerprint density at radius 3 is 1.81 bits per heavy atom. The fraction of sp³-hybridized carbons (Fsp3) is 0.333. The fourth-order valence-electron chi connectivity index (χ4n) is 2.75. The van der Waals surface area contributed by atoms with Gasteiger partial charge in [-0.1, -0.05) is 32.9 Å². The molecule has 3 heteroatoms. The molecule has 0 aliphatic heterocycles. The van der Waals surface area contributed by atoms with Crippen molar-refractivity contribution in [2.24, 2.45) is 0 Å². The topological polar surface area (TPSA) is 60.7 Å². The molecule has 0 radical (unpaired) electrons. The van der Waals surface area contributed by atoms with Crippen molar-refractivity contribution in [1.82, 2.24) is 0 Å². The molecule has 0 heterocycles. The Morgan fingerprint density at radius 2 is 1.24 bits per heavy atom. The monoisotopic (exact) mass is 286 g/mol. The van der Waals surface area contributed by atoms with Gasteiger partial charge in [0, 0.05) is 11.6 Å². The zero-order valence-corrected chi connectivity index (χ0v) is 12.8. The van der Waals surface area contributed by atoms with E-state index < -0.39 is 0 Å². The first-order chi connectivity index (χ1) is 10.0. The van der Waals surface area contributed by atoms with E-state index in [1.54, 1.807) is 0 Å². The van der Waals surface area contributed by atoms with Gasteiger partial charge in [-0.2, -0.15) is 0 Å². The van der Waals surface area contributed by atoms with Gasteiger partial charge in [-0.25, -0.2) is 0 Å². The third-order valence-electron chi connectivity index (χ3n) is 3.93. The molecule has 0 unspecified atom stereocenters. The molecule has 3 N–H and O–H groups in total. The van der Waals surface area contributed by atoms with E-state index in [1.807, 2.05) is 0 Å². The highest BCUT2D eigenvalue weighted by Gasteiger charge is 2.15. The smallest absolute Gasteiger partial charge is 0.165 e. The van der Waals surface area contributed by atoms with Crippen molar-refractivity contribution >= 4 is 0 Å². The molecule has 0 saturated carbocycles. The van der Waals surface area contributed by atoms with Crippen LogP contribution in [0.2, 0.25) is 0 Å². The standard InChI is InChI=1S/C18H22O3/c1-4-11-7-13(6-3)15(8-12(11)5-2)16-9-14(19)10-17(20)18(16)21/h7-10,19-21H,4-6H2,1-3H3. The molecule has 21 heavy (non-hydrogen) atoms.